The lowest BCUT2D eigenvalue weighted by Gasteiger charge is -2.32. The number of carbonyl (C=O) groups excluding carboxylic acids is 1. The molecule has 1 aliphatic heterocycles. The van der Waals surface area contributed by atoms with Gasteiger partial charge in [0.25, 0.3) is 0 Å². The molecule has 1 heterocycles. The second-order valence-corrected chi connectivity index (χ2v) is 7.84. The van der Waals surface area contributed by atoms with E-state index in [0.717, 1.165) is 5.47 Å². The van der Waals surface area contributed by atoms with Gasteiger partial charge in [-0.15, -0.1) is 0 Å². The van der Waals surface area contributed by atoms with Gasteiger partial charge >= 0.3 is 7.12 Å². The molecule has 24 heavy (non-hydrogen) atoms. The summed E-state index contributed by atoms with van der Waals surface area (Å²) in [6.45, 7) is 9.55. The third-order valence-electron chi connectivity index (χ3n) is 4.33. The zero-order valence-corrected chi connectivity index (χ0v) is 16.2. The molecule has 0 unspecified atom stereocenters. The van der Waals surface area contributed by atoms with Crippen LogP contribution in [0.15, 0.2) is 28.1 Å². The van der Waals surface area contributed by atoms with E-state index in [1.165, 1.54) is 19.1 Å². The van der Waals surface area contributed by atoms with Crippen molar-refractivity contribution >= 4 is 35.0 Å². The molecule has 130 valence electrons. The SMILES string of the molecule is CC(=O)NCC(=Cc1cc(F)cc(Br)c1)B1OC(C)(C)C(C)(C)O1. The fourth-order valence-electron chi connectivity index (χ4n) is 2.30. The Balaban J connectivity index is 2.35. The molecule has 1 fully saturated rings. The van der Waals surface area contributed by atoms with Crippen LogP contribution in [0.5, 0.6) is 0 Å². The van der Waals surface area contributed by atoms with Crippen molar-refractivity contribution < 1.29 is 18.5 Å². The summed E-state index contributed by atoms with van der Waals surface area (Å²) in [5.41, 5.74) is 0.406. The molecule has 0 spiro atoms. The zero-order valence-electron chi connectivity index (χ0n) is 14.6. The van der Waals surface area contributed by atoms with Crippen LogP contribution in [0.1, 0.15) is 40.2 Å². The van der Waals surface area contributed by atoms with Crippen molar-refractivity contribution in [3.05, 3.63) is 39.5 Å². The minimum atomic E-state index is -0.608. The zero-order chi connectivity index (χ0) is 18.1. The Kier molecular flexibility index (Phi) is 5.57. The number of halogens is 2. The Morgan fingerprint density at radius 1 is 1.25 bits per heavy atom. The molecule has 2 rings (SSSR count). The first kappa shape index (κ1) is 19.2. The molecule has 1 aromatic rings. The maximum Gasteiger partial charge on any atom is 0.492 e. The van der Waals surface area contributed by atoms with Crippen molar-refractivity contribution in [2.24, 2.45) is 0 Å². The molecule has 0 saturated carbocycles. The van der Waals surface area contributed by atoms with Crippen LogP contribution in [-0.4, -0.2) is 30.8 Å². The second kappa shape index (κ2) is 6.98. The van der Waals surface area contributed by atoms with Gasteiger partial charge in [0.05, 0.1) is 11.2 Å². The summed E-state index contributed by atoms with van der Waals surface area (Å²) in [7, 11) is -0.608. The van der Waals surface area contributed by atoms with Crippen LogP contribution < -0.4 is 5.32 Å². The Hall–Kier alpha value is -1.18. The van der Waals surface area contributed by atoms with Crippen LogP contribution in [0.25, 0.3) is 6.08 Å². The van der Waals surface area contributed by atoms with Gasteiger partial charge in [-0.25, -0.2) is 4.39 Å². The van der Waals surface area contributed by atoms with Gasteiger partial charge in [0.1, 0.15) is 5.82 Å². The molecule has 0 aromatic heterocycles. The van der Waals surface area contributed by atoms with Crippen LogP contribution in [0.3, 0.4) is 0 Å². The van der Waals surface area contributed by atoms with Crippen molar-refractivity contribution in [2.45, 2.75) is 45.8 Å². The van der Waals surface area contributed by atoms with Gasteiger partial charge < -0.3 is 14.6 Å². The Bertz CT molecular complexity index is 640. The van der Waals surface area contributed by atoms with Crippen molar-refractivity contribution in [2.75, 3.05) is 6.54 Å². The summed E-state index contributed by atoms with van der Waals surface area (Å²) in [5.74, 6) is -0.499. The highest BCUT2D eigenvalue weighted by Gasteiger charge is 2.52. The summed E-state index contributed by atoms with van der Waals surface area (Å²) in [4.78, 5) is 11.3. The minimum absolute atomic E-state index is 0.155. The van der Waals surface area contributed by atoms with E-state index in [9.17, 15) is 9.18 Å². The highest BCUT2D eigenvalue weighted by atomic mass is 79.9. The molecule has 1 aliphatic rings. The third-order valence-corrected chi connectivity index (χ3v) is 4.79. The molecule has 1 N–H and O–H groups in total. The topological polar surface area (TPSA) is 47.6 Å². The maximum atomic E-state index is 13.6. The molecule has 0 radical (unpaired) electrons. The number of nitrogens with one attached hydrogen (secondary N) is 1. The molecular weight excluding hydrogens is 376 g/mol. The molecule has 0 bridgehead atoms. The lowest BCUT2D eigenvalue weighted by Crippen LogP contribution is -2.41. The maximum absolute atomic E-state index is 13.6. The highest BCUT2D eigenvalue weighted by molar-refractivity contribution is 9.10. The van der Waals surface area contributed by atoms with Gasteiger partial charge in [0.15, 0.2) is 0 Å². The Labute approximate surface area is 151 Å². The van der Waals surface area contributed by atoms with Crippen LogP contribution >= 0.6 is 15.9 Å². The van der Waals surface area contributed by atoms with Crippen LogP contribution in [-0.2, 0) is 14.1 Å². The third kappa shape index (κ3) is 4.46. The number of hydrogen-bond acceptors (Lipinski definition) is 3. The first-order valence-electron chi connectivity index (χ1n) is 7.77. The van der Waals surface area contributed by atoms with Gasteiger partial charge in [-0.3, -0.25) is 4.79 Å². The Morgan fingerprint density at radius 3 is 2.33 bits per heavy atom. The smallest absolute Gasteiger partial charge is 0.400 e. The van der Waals surface area contributed by atoms with Crippen molar-refractivity contribution in [1.82, 2.24) is 5.32 Å². The predicted octanol–water partition coefficient (Wildman–Crippen LogP) is 3.74. The summed E-state index contributed by atoms with van der Waals surface area (Å²) >= 11 is 3.28. The number of rotatable bonds is 4. The van der Waals surface area contributed by atoms with E-state index in [0.29, 0.717) is 10.0 Å². The number of carbonyl (C=O) groups is 1. The lowest BCUT2D eigenvalue weighted by molar-refractivity contribution is -0.118. The molecule has 7 heteroatoms. The molecule has 1 aromatic carbocycles. The summed E-state index contributed by atoms with van der Waals surface area (Å²) < 4.78 is 26.4. The summed E-state index contributed by atoms with van der Waals surface area (Å²) in [5, 5.41) is 2.75. The van der Waals surface area contributed by atoms with Crippen molar-refractivity contribution in [3.63, 3.8) is 0 Å². The largest absolute Gasteiger partial charge is 0.492 e. The molecule has 1 saturated heterocycles. The number of benzene rings is 1. The fourth-order valence-corrected chi connectivity index (χ4v) is 2.78. The summed E-state index contributed by atoms with van der Waals surface area (Å²) in [6.07, 6.45) is 1.78. The molecular formula is C17H22BBrFNO3. The average Bonchev–Trinajstić information content (AvgIpc) is 2.62. The standard InChI is InChI=1S/C17H22BBrFNO3/c1-11(22)21-10-13(6-12-7-14(19)9-15(20)8-12)18-23-16(2,3)17(4,5)24-18/h6-9H,10H2,1-5H3,(H,21,22). The molecule has 4 nitrogen and oxygen atoms in total. The van der Waals surface area contributed by atoms with E-state index in [4.69, 9.17) is 9.31 Å². The van der Waals surface area contributed by atoms with E-state index >= 15 is 0 Å². The van der Waals surface area contributed by atoms with Gasteiger partial charge in [-0.2, -0.15) is 0 Å². The van der Waals surface area contributed by atoms with Crippen molar-refractivity contribution in [3.8, 4) is 0 Å². The van der Waals surface area contributed by atoms with Crippen LogP contribution in [0.2, 0.25) is 0 Å². The van der Waals surface area contributed by atoms with E-state index in [1.807, 2.05) is 27.7 Å². The van der Waals surface area contributed by atoms with E-state index in [-0.39, 0.29) is 18.3 Å². The average molecular weight is 398 g/mol. The minimum Gasteiger partial charge on any atom is -0.400 e. The van der Waals surface area contributed by atoms with E-state index in [2.05, 4.69) is 21.2 Å². The first-order chi connectivity index (χ1) is 11.0. The molecule has 0 aliphatic carbocycles. The monoisotopic (exact) mass is 397 g/mol. The van der Waals surface area contributed by atoms with Gasteiger partial charge in [0, 0.05) is 17.9 Å². The molecule has 0 atom stereocenters. The quantitative estimate of drug-likeness (QED) is 0.787. The van der Waals surface area contributed by atoms with Gasteiger partial charge in [-0.05, 0) is 56.9 Å². The highest BCUT2D eigenvalue weighted by Crippen LogP contribution is 2.38. The van der Waals surface area contributed by atoms with Crippen LogP contribution in [0.4, 0.5) is 4.39 Å². The molecule has 1 amide bonds. The van der Waals surface area contributed by atoms with E-state index in [1.54, 1.807) is 12.1 Å². The van der Waals surface area contributed by atoms with Crippen molar-refractivity contribution in [1.29, 1.82) is 0 Å². The van der Waals surface area contributed by atoms with Gasteiger partial charge in [0.2, 0.25) is 5.91 Å². The van der Waals surface area contributed by atoms with E-state index < -0.39 is 18.3 Å². The lowest BCUT2D eigenvalue weighted by atomic mass is 9.77. The predicted molar refractivity (Wildman–Crippen MR) is 96.8 cm³/mol. The second-order valence-electron chi connectivity index (χ2n) is 6.92. The summed E-state index contributed by atoms with van der Waals surface area (Å²) in [6, 6.07) is 4.60. The number of hydrogen-bond donors (Lipinski definition) is 1. The first-order valence-corrected chi connectivity index (χ1v) is 8.56. The Morgan fingerprint density at radius 2 is 1.83 bits per heavy atom. The van der Waals surface area contributed by atoms with Gasteiger partial charge in [-0.1, -0.05) is 22.0 Å². The normalized spacial score (nSPS) is 19.5. The van der Waals surface area contributed by atoms with Crippen LogP contribution in [0, 0.1) is 5.82 Å². The number of amides is 1. The fraction of sp³-hybridized carbons (Fsp3) is 0.471.